The number of amides is 1. The van der Waals surface area contributed by atoms with Gasteiger partial charge in [0, 0.05) is 23.4 Å². The van der Waals surface area contributed by atoms with Crippen LogP contribution in [0.2, 0.25) is 0 Å². The summed E-state index contributed by atoms with van der Waals surface area (Å²) < 4.78 is 16.6. The molecule has 2 rings (SSSR count). The maximum atomic E-state index is 12.7. The van der Waals surface area contributed by atoms with Crippen LogP contribution in [0, 0.1) is 5.92 Å². The summed E-state index contributed by atoms with van der Waals surface area (Å²) in [7, 11) is 0. The van der Waals surface area contributed by atoms with Gasteiger partial charge in [-0.15, -0.1) is 0 Å². The van der Waals surface area contributed by atoms with Gasteiger partial charge in [0.05, 0.1) is 25.4 Å². The van der Waals surface area contributed by atoms with Gasteiger partial charge in [-0.1, -0.05) is 27.2 Å². The van der Waals surface area contributed by atoms with Crippen LogP contribution in [0.1, 0.15) is 66.8 Å². The average molecular weight is 428 g/mol. The lowest BCUT2D eigenvalue weighted by molar-refractivity contribution is 0.0499. The molecule has 1 amide bonds. The first-order valence-corrected chi connectivity index (χ1v) is 10.9. The van der Waals surface area contributed by atoms with Crippen molar-refractivity contribution in [2.75, 3.05) is 25.1 Å². The van der Waals surface area contributed by atoms with E-state index in [1.165, 1.54) is 0 Å². The molecule has 0 aliphatic rings. The van der Waals surface area contributed by atoms with Gasteiger partial charge < -0.3 is 19.5 Å². The van der Waals surface area contributed by atoms with Crippen LogP contribution >= 0.6 is 0 Å². The van der Waals surface area contributed by atoms with Gasteiger partial charge in [-0.05, 0) is 61.7 Å². The molecule has 0 atom stereocenters. The van der Waals surface area contributed by atoms with Crippen molar-refractivity contribution in [2.24, 2.45) is 5.92 Å². The molecule has 0 unspecified atom stereocenters. The molecule has 6 heteroatoms. The Bertz CT molecular complexity index is 845. The molecule has 0 aliphatic carbocycles. The van der Waals surface area contributed by atoms with Crippen LogP contribution in [0.3, 0.4) is 0 Å². The Morgan fingerprint density at radius 1 is 1.00 bits per heavy atom. The van der Waals surface area contributed by atoms with Crippen molar-refractivity contribution in [3.63, 3.8) is 0 Å². The summed E-state index contributed by atoms with van der Waals surface area (Å²) in [6.07, 6.45) is 1.81. The Kier molecular flexibility index (Phi) is 10.0. The molecule has 6 nitrogen and oxygen atoms in total. The van der Waals surface area contributed by atoms with E-state index >= 15 is 0 Å². The molecule has 0 heterocycles. The van der Waals surface area contributed by atoms with E-state index in [0.717, 1.165) is 18.4 Å². The third-order valence-electron chi connectivity index (χ3n) is 4.44. The smallest absolute Gasteiger partial charge is 0.338 e. The van der Waals surface area contributed by atoms with Gasteiger partial charge >= 0.3 is 5.97 Å². The highest BCUT2D eigenvalue weighted by Gasteiger charge is 2.13. The number of benzene rings is 2. The van der Waals surface area contributed by atoms with Crippen LogP contribution in [0.5, 0.6) is 5.75 Å². The number of hydrogen-bond acceptors (Lipinski definition) is 5. The Hall–Kier alpha value is -2.86. The van der Waals surface area contributed by atoms with Crippen molar-refractivity contribution in [3.8, 4) is 5.75 Å². The zero-order chi connectivity index (χ0) is 22.6. The van der Waals surface area contributed by atoms with E-state index in [0.29, 0.717) is 54.9 Å². The first-order chi connectivity index (χ1) is 14.9. The minimum atomic E-state index is -0.358. The fraction of sp³-hybridized carbons (Fsp3) is 0.440. The first-order valence-electron chi connectivity index (χ1n) is 10.9. The molecule has 0 fully saturated rings. The minimum absolute atomic E-state index is 0.244. The second-order valence-electron chi connectivity index (χ2n) is 7.69. The molecule has 0 saturated carbocycles. The second kappa shape index (κ2) is 12.7. The lowest BCUT2D eigenvalue weighted by atomic mass is 10.1. The van der Waals surface area contributed by atoms with E-state index in [1.807, 2.05) is 13.8 Å². The van der Waals surface area contributed by atoms with Crippen LogP contribution < -0.4 is 10.1 Å². The van der Waals surface area contributed by atoms with Gasteiger partial charge in [-0.25, -0.2) is 4.79 Å². The van der Waals surface area contributed by atoms with Crippen molar-refractivity contribution in [1.29, 1.82) is 0 Å². The van der Waals surface area contributed by atoms with Gasteiger partial charge in [0.1, 0.15) is 5.75 Å². The molecule has 2 aromatic rings. The number of nitrogens with one attached hydrogen (secondary N) is 1. The van der Waals surface area contributed by atoms with Crippen molar-refractivity contribution >= 4 is 17.6 Å². The lowest BCUT2D eigenvalue weighted by Gasteiger charge is -2.14. The number of hydrogen-bond donors (Lipinski definition) is 1. The van der Waals surface area contributed by atoms with Crippen molar-refractivity contribution in [2.45, 2.75) is 47.1 Å². The molecule has 0 aliphatic heterocycles. The van der Waals surface area contributed by atoms with Crippen molar-refractivity contribution in [3.05, 3.63) is 59.2 Å². The normalized spacial score (nSPS) is 10.7. The summed E-state index contributed by atoms with van der Waals surface area (Å²) in [4.78, 5) is 24.7. The fourth-order valence-corrected chi connectivity index (χ4v) is 2.82. The number of carbonyl (C=O) groups is 2. The second-order valence-corrected chi connectivity index (χ2v) is 7.69. The summed E-state index contributed by atoms with van der Waals surface area (Å²) in [5, 5.41) is 2.86. The largest absolute Gasteiger partial charge is 0.494 e. The van der Waals surface area contributed by atoms with Crippen LogP contribution in [0.4, 0.5) is 5.69 Å². The number of carbonyl (C=O) groups excluding carboxylic acids is 2. The average Bonchev–Trinajstić information content (AvgIpc) is 2.75. The van der Waals surface area contributed by atoms with Gasteiger partial charge in [-0.2, -0.15) is 0 Å². The van der Waals surface area contributed by atoms with E-state index in [2.05, 4.69) is 19.2 Å². The summed E-state index contributed by atoms with van der Waals surface area (Å²) in [6, 6.07) is 12.0. The zero-order valence-electron chi connectivity index (χ0n) is 18.9. The Morgan fingerprint density at radius 3 is 2.35 bits per heavy atom. The number of ether oxygens (including phenoxy) is 3. The van der Waals surface area contributed by atoms with Gasteiger partial charge in [0.2, 0.25) is 0 Å². The van der Waals surface area contributed by atoms with Gasteiger partial charge in [0.15, 0.2) is 0 Å². The zero-order valence-corrected chi connectivity index (χ0v) is 18.9. The number of esters is 1. The molecule has 168 valence electrons. The van der Waals surface area contributed by atoms with Crippen LogP contribution in [0.25, 0.3) is 0 Å². The maximum Gasteiger partial charge on any atom is 0.338 e. The van der Waals surface area contributed by atoms with E-state index in [9.17, 15) is 9.59 Å². The molecule has 1 N–H and O–H groups in total. The van der Waals surface area contributed by atoms with Crippen LogP contribution in [-0.2, 0) is 16.1 Å². The van der Waals surface area contributed by atoms with E-state index in [4.69, 9.17) is 14.2 Å². The fourth-order valence-electron chi connectivity index (χ4n) is 2.82. The summed E-state index contributed by atoms with van der Waals surface area (Å²) in [5.74, 6) is 0.540. The van der Waals surface area contributed by atoms with Gasteiger partial charge in [-0.3, -0.25) is 4.79 Å². The Morgan fingerprint density at radius 2 is 1.71 bits per heavy atom. The third kappa shape index (κ3) is 8.06. The summed E-state index contributed by atoms with van der Waals surface area (Å²) in [5.41, 5.74) is 2.40. The summed E-state index contributed by atoms with van der Waals surface area (Å²) in [6.45, 7) is 10.1. The number of anilines is 1. The quantitative estimate of drug-likeness (QED) is 0.359. The molecular weight excluding hydrogens is 394 g/mol. The molecule has 0 radical (unpaired) electrons. The van der Waals surface area contributed by atoms with E-state index in [1.54, 1.807) is 42.5 Å². The topological polar surface area (TPSA) is 73.9 Å². The molecule has 2 aromatic carbocycles. The molecular formula is C25H33NO5. The van der Waals surface area contributed by atoms with E-state index in [-0.39, 0.29) is 11.9 Å². The first kappa shape index (κ1) is 24.4. The molecule has 0 spiro atoms. The van der Waals surface area contributed by atoms with Crippen molar-refractivity contribution < 1.29 is 23.8 Å². The lowest BCUT2D eigenvalue weighted by Crippen LogP contribution is -2.13. The Labute approximate surface area is 184 Å². The van der Waals surface area contributed by atoms with Crippen molar-refractivity contribution in [1.82, 2.24) is 0 Å². The number of rotatable bonds is 12. The van der Waals surface area contributed by atoms with E-state index < -0.39 is 0 Å². The molecule has 0 bridgehead atoms. The molecule has 0 saturated heterocycles. The monoisotopic (exact) mass is 427 g/mol. The standard InChI is InChI=1S/C25H33NO5/c1-5-7-14-31-25(28)19-8-11-22(12-9-19)26-24(27)20-10-13-23(30-6-2)21(15-20)17-29-16-18(3)4/h8-13,15,18H,5-7,14,16-17H2,1-4H3,(H,26,27). The van der Waals surface area contributed by atoms with Gasteiger partial charge in [0.25, 0.3) is 5.91 Å². The molecule has 0 aromatic heterocycles. The molecule has 31 heavy (non-hydrogen) atoms. The highest BCUT2D eigenvalue weighted by Crippen LogP contribution is 2.22. The highest BCUT2D eigenvalue weighted by atomic mass is 16.5. The maximum absolute atomic E-state index is 12.7. The predicted octanol–water partition coefficient (Wildman–Crippen LogP) is 5.47. The van der Waals surface area contributed by atoms with Crippen LogP contribution in [-0.4, -0.2) is 31.7 Å². The predicted molar refractivity (Wildman–Crippen MR) is 122 cm³/mol. The number of unbranched alkanes of at least 4 members (excludes halogenated alkanes) is 1. The SMILES string of the molecule is CCCCOC(=O)c1ccc(NC(=O)c2ccc(OCC)c(COCC(C)C)c2)cc1. The third-order valence-corrected chi connectivity index (χ3v) is 4.44. The Balaban J connectivity index is 2.04. The summed E-state index contributed by atoms with van der Waals surface area (Å²) >= 11 is 0. The highest BCUT2D eigenvalue weighted by molar-refractivity contribution is 6.04. The van der Waals surface area contributed by atoms with Crippen LogP contribution in [0.15, 0.2) is 42.5 Å². The minimum Gasteiger partial charge on any atom is -0.494 e.